The number of anilines is 1. The topological polar surface area (TPSA) is 80.4 Å². The summed E-state index contributed by atoms with van der Waals surface area (Å²) in [6.45, 7) is 2.17. The molecule has 0 bridgehead atoms. The van der Waals surface area contributed by atoms with E-state index in [0.29, 0.717) is 23.8 Å². The molecular formula is C21H22FN3O2. The van der Waals surface area contributed by atoms with Gasteiger partial charge in [0.15, 0.2) is 0 Å². The van der Waals surface area contributed by atoms with Crippen LogP contribution in [0, 0.1) is 11.7 Å². The maximum atomic E-state index is 13.5. The Bertz CT molecular complexity index is 957. The molecule has 5 nitrogen and oxygen atoms in total. The first-order valence-electron chi connectivity index (χ1n) is 9.05. The van der Waals surface area contributed by atoms with E-state index in [1.54, 1.807) is 12.3 Å². The molecule has 27 heavy (non-hydrogen) atoms. The SMILES string of the molecule is Nc1ncc(C(O)NCC2CCOC2)c2ccc(-c3cccc(F)c3)cc12. The number of aromatic nitrogens is 1. The van der Waals surface area contributed by atoms with Crippen molar-refractivity contribution >= 4 is 16.6 Å². The van der Waals surface area contributed by atoms with Crippen LogP contribution in [-0.4, -0.2) is 29.8 Å². The Morgan fingerprint density at radius 3 is 2.85 bits per heavy atom. The molecule has 0 spiro atoms. The molecule has 1 fully saturated rings. The molecule has 1 aromatic heterocycles. The number of aliphatic hydroxyl groups excluding tert-OH is 1. The zero-order chi connectivity index (χ0) is 18.8. The summed E-state index contributed by atoms with van der Waals surface area (Å²) in [5.41, 5.74) is 8.35. The van der Waals surface area contributed by atoms with Gasteiger partial charge in [-0.3, -0.25) is 5.32 Å². The third-order valence-corrected chi connectivity index (χ3v) is 5.03. The fourth-order valence-electron chi connectivity index (χ4n) is 3.48. The van der Waals surface area contributed by atoms with Gasteiger partial charge in [-0.2, -0.15) is 0 Å². The normalized spacial score (nSPS) is 18.1. The van der Waals surface area contributed by atoms with Crippen molar-refractivity contribution in [3.8, 4) is 11.1 Å². The number of rotatable bonds is 5. The molecule has 1 aliphatic heterocycles. The van der Waals surface area contributed by atoms with Crippen LogP contribution in [0.25, 0.3) is 21.9 Å². The zero-order valence-electron chi connectivity index (χ0n) is 14.9. The second kappa shape index (κ2) is 7.60. The maximum absolute atomic E-state index is 13.5. The van der Waals surface area contributed by atoms with E-state index in [4.69, 9.17) is 10.5 Å². The van der Waals surface area contributed by atoms with Crippen molar-refractivity contribution in [3.63, 3.8) is 0 Å². The molecule has 140 valence electrons. The van der Waals surface area contributed by atoms with Crippen LogP contribution in [0.15, 0.2) is 48.7 Å². The monoisotopic (exact) mass is 367 g/mol. The Hall–Kier alpha value is -2.54. The Labute approximate surface area is 157 Å². The van der Waals surface area contributed by atoms with Crippen LogP contribution in [0.5, 0.6) is 0 Å². The highest BCUT2D eigenvalue weighted by Crippen LogP contribution is 2.31. The van der Waals surface area contributed by atoms with Gasteiger partial charge in [0.05, 0.1) is 6.61 Å². The van der Waals surface area contributed by atoms with Gasteiger partial charge in [-0.25, -0.2) is 9.37 Å². The van der Waals surface area contributed by atoms with E-state index in [1.165, 1.54) is 12.1 Å². The van der Waals surface area contributed by atoms with E-state index in [0.717, 1.165) is 41.5 Å². The minimum absolute atomic E-state index is 0.289. The van der Waals surface area contributed by atoms with Gasteiger partial charge in [0, 0.05) is 30.3 Å². The predicted molar refractivity (Wildman–Crippen MR) is 103 cm³/mol. The minimum atomic E-state index is -0.846. The number of fused-ring (bicyclic) bond motifs is 1. The first-order valence-corrected chi connectivity index (χ1v) is 9.05. The fraction of sp³-hybridized carbons (Fsp3) is 0.286. The Morgan fingerprint density at radius 2 is 2.07 bits per heavy atom. The zero-order valence-corrected chi connectivity index (χ0v) is 14.9. The molecule has 1 aliphatic rings. The predicted octanol–water partition coefficient (Wildman–Crippen LogP) is 3.24. The lowest BCUT2D eigenvalue weighted by atomic mass is 9.99. The van der Waals surface area contributed by atoms with E-state index in [9.17, 15) is 9.50 Å². The van der Waals surface area contributed by atoms with Crippen molar-refractivity contribution in [2.75, 3.05) is 25.5 Å². The Balaban J connectivity index is 1.65. The van der Waals surface area contributed by atoms with Gasteiger partial charge in [0.2, 0.25) is 0 Å². The van der Waals surface area contributed by atoms with E-state index in [2.05, 4.69) is 10.3 Å². The number of ether oxygens (including phenoxy) is 1. The van der Waals surface area contributed by atoms with Crippen LogP contribution >= 0.6 is 0 Å². The van der Waals surface area contributed by atoms with E-state index in [-0.39, 0.29) is 5.82 Å². The van der Waals surface area contributed by atoms with Crippen molar-refractivity contribution < 1.29 is 14.2 Å². The highest BCUT2D eigenvalue weighted by molar-refractivity contribution is 5.96. The summed E-state index contributed by atoms with van der Waals surface area (Å²) < 4.78 is 18.9. The first kappa shape index (κ1) is 17.9. The number of nitrogens with one attached hydrogen (secondary N) is 1. The van der Waals surface area contributed by atoms with Gasteiger partial charge in [-0.1, -0.05) is 24.3 Å². The van der Waals surface area contributed by atoms with Crippen molar-refractivity contribution in [3.05, 3.63) is 60.0 Å². The number of nitrogens with two attached hydrogens (primary N) is 1. The molecule has 4 N–H and O–H groups in total. The van der Waals surface area contributed by atoms with Gasteiger partial charge in [0.1, 0.15) is 17.9 Å². The van der Waals surface area contributed by atoms with Gasteiger partial charge in [-0.05, 0) is 47.1 Å². The molecule has 1 saturated heterocycles. The number of nitrogen functional groups attached to an aromatic ring is 1. The molecule has 6 heteroatoms. The largest absolute Gasteiger partial charge is 0.383 e. The average Bonchev–Trinajstić information content (AvgIpc) is 3.20. The van der Waals surface area contributed by atoms with Crippen molar-refractivity contribution in [1.29, 1.82) is 0 Å². The molecule has 0 amide bonds. The molecule has 2 atom stereocenters. The number of hydrogen-bond donors (Lipinski definition) is 3. The molecule has 3 aromatic rings. The smallest absolute Gasteiger partial charge is 0.133 e. The molecule has 2 aromatic carbocycles. The van der Waals surface area contributed by atoms with Crippen molar-refractivity contribution in [2.24, 2.45) is 5.92 Å². The van der Waals surface area contributed by atoms with Crippen LogP contribution in [0.3, 0.4) is 0 Å². The molecule has 0 aliphatic carbocycles. The Morgan fingerprint density at radius 1 is 1.22 bits per heavy atom. The summed E-state index contributed by atoms with van der Waals surface area (Å²) in [5.74, 6) is 0.499. The van der Waals surface area contributed by atoms with Gasteiger partial charge in [0.25, 0.3) is 0 Å². The fourth-order valence-corrected chi connectivity index (χ4v) is 3.48. The lowest BCUT2D eigenvalue weighted by molar-refractivity contribution is 0.129. The maximum Gasteiger partial charge on any atom is 0.133 e. The second-order valence-electron chi connectivity index (χ2n) is 6.91. The number of pyridine rings is 1. The minimum Gasteiger partial charge on any atom is -0.383 e. The van der Waals surface area contributed by atoms with Gasteiger partial charge in [-0.15, -0.1) is 0 Å². The van der Waals surface area contributed by atoms with E-state index < -0.39 is 6.23 Å². The standard InChI is InChI=1S/C21H22FN3O2/c22-16-3-1-2-14(8-16)15-4-5-17-18(9-15)20(23)24-11-19(17)21(26)25-10-13-6-7-27-12-13/h1-5,8-9,11,13,21,25-26H,6-7,10,12H2,(H2,23,24). The average molecular weight is 367 g/mol. The van der Waals surface area contributed by atoms with Crippen LogP contribution in [0.1, 0.15) is 18.2 Å². The van der Waals surface area contributed by atoms with Crippen molar-refractivity contribution in [1.82, 2.24) is 10.3 Å². The number of aliphatic hydroxyl groups is 1. The quantitative estimate of drug-likeness (QED) is 0.603. The molecule has 2 heterocycles. The lowest BCUT2D eigenvalue weighted by Crippen LogP contribution is -2.27. The summed E-state index contributed by atoms with van der Waals surface area (Å²) in [7, 11) is 0. The molecule has 4 rings (SSSR count). The summed E-state index contributed by atoms with van der Waals surface area (Å²) in [6.07, 6.45) is 1.75. The van der Waals surface area contributed by atoms with Gasteiger partial charge >= 0.3 is 0 Å². The number of benzene rings is 2. The first-order chi connectivity index (χ1) is 13.1. The number of halogens is 1. The van der Waals surface area contributed by atoms with Crippen LogP contribution < -0.4 is 11.1 Å². The summed E-state index contributed by atoms with van der Waals surface area (Å²) in [6, 6.07) is 12.1. The van der Waals surface area contributed by atoms with Crippen LogP contribution in [-0.2, 0) is 4.74 Å². The summed E-state index contributed by atoms with van der Waals surface area (Å²) in [4.78, 5) is 4.24. The molecular weight excluding hydrogens is 345 g/mol. The molecule has 0 saturated carbocycles. The second-order valence-corrected chi connectivity index (χ2v) is 6.91. The summed E-state index contributed by atoms with van der Waals surface area (Å²) in [5, 5.41) is 15.3. The highest BCUT2D eigenvalue weighted by atomic mass is 19.1. The molecule has 2 unspecified atom stereocenters. The van der Waals surface area contributed by atoms with E-state index in [1.807, 2.05) is 24.3 Å². The van der Waals surface area contributed by atoms with Crippen molar-refractivity contribution in [2.45, 2.75) is 12.6 Å². The number of hydrogen-bond acceptors (Lipinski definition) is 5. The van der Waals surface area contributed by atoms with E-state index >= 15 is 0 Å². The van der Waals surface area contributed by atoms with Gasteiger partial charge < -0.3 is 15.6 Å². The third-order valence-electron chi connectivity index (χ3n) is 5.03. The summed E-state index contributed by atoms with van der Waals surface area (Å²) >= 11 is 0. The highest BCUT2D eigenvalue weighted by Gasteiger charge is 2.19. The lowest BCUT2D eigenvalue weighted by Gasteiger charge is -2.18. The number of nitrogens with zero attached hydrogens (tertiary/aromatic N) is 1. The Kier molecular flexibility index (Phi) is 5.03. The molecule has 0 radical (unpaired) electrons. The van der Waals surface area contributed by atoms with Crippen LogP contribution in [0.4, 0.5) is 10.2 Å². The third kappa shape index (κ3) is 3.78. The van der Waals surface area contributed by atoms with Crippen LogP contribution in [0.2, 0.25) is 0 Å².